The smallest absolute Gasteiger partial charge is 0.191 e. The summed E-state index contributed by atoms with van der Waals surface area (Å²) in [6.45, 7) is 1.88. The molecule has 1 aromatic carbocycles. The lowest BCUT2D eigenvalue weighted by Crippen LogP contribution is -2.03. The summed E-state index contributed by atoms with van der Waals surface area (Å²) >= 11 is 0. The predicted octanol–water partition coefficient (Wildman–Crippen LogP) is 1.96. The summed E-state index contributed by atoms with van der Waals surface area (Å²) in [5, 5.41) is 9.50. The van der Waals surface area contributed by atoms with Gasteiger partial charge < -0.3 is 10.0 Å². The number of aromatic hydroxyl groups is 1. The van der Waals surface area contributed by atoms with E-state index >= 15 is 0 Å². The first-order valence-electron chi connectivity index (χ1n) is 4.69. The fourth-order valence-electron chi connectivity index (χ4n) is 1.15. The lowest BCUT2D eigenvalue weighted by molar-refractivity contribution is 0.104. The molecule has 0 radical (unpaired) electrons. The number of hydrogen-bond acceptors (Lipinski definition) is 3. The summed E-state index contributed by atoms with van der Waals surface area (Å²) in [6.07, 6.45) is 3.10. The van der Waals surface area contributed by atoms with E-state index in [4.69, 9.17) is 0 Å². The van der Waals surface area contributed by atoms with Gasteiger partial charge in [-0.25, -0.2) is 0 Å². The highest BCUT2D eigenvalue weighted by Crippen LogP contribution is 2.18. The molecular weight excluding hydrogens is 190 g/mol. The van der Waals surface area contributed by atoms with Crippen LogP contribution in [-0.4, -0.2) is 29.9 Å². The fraction of sp³-hybridized carbons (Fsp3) is 0.250. The molecule has 0 aliphatic carbocycles. The SMILES string of the molecule is Cc1ccc(O)c(C(=O)/C=C/N(C)C)c1. The minimum Gasteiger partial charge on any atom is -0.507 e. The summed E-state index contributed by atoms with van der Waals surface area (Å²) in [7, 11) is 3.67. The molecule has 0 aliphatic heterocycles. The highest BCUT2D eigenvalue weighted by molar-refractivity contribution is 6.06. The van der Waals surface area contributed by atoms with Gasteiger partial charge in [-0.2, -0.15) is 0 Å². The van der Waals surface area contributed by atoms with Crippen molar-refractivity contribution in [3.05, 3.63) is 41.6 Å². The van der Waals surface area contributed by atoms with Crippen LogP contribution < -0.4 is 0 Å². The van der Waals surface area contributed by atoms with Gasteiger partial charge in [-0.1, -0.05) is 11.6 Å². The van der Waals surface area contributed by atoms with Gasteiger partial charge in [-0.15, -0.1) is 0 Å². The van der Waals surface area contributed by atoms with Crippen LogP contribution in [0, 0.1) is 6.92 Å². The van der Waals surface area contributed by atoms with E-state index in [2.05, 4.69) is 0 Å². The molecule has 0 amide bonds. The Kier molecular flexibility index (Phi) is 3.50. The zero-order valence-corrected chi connectivity index (χ0v) is 9.19. The molecule has 0 bridgehead atoms. The number of allylic oxidation sites excluding steroid dienone is 1. The average Bonchev–Trinajstić information content (AvgIpc) is 2.18. The summed E-state index contributed by atoms with van der Waals surface area (Å²) < 4.78 is 0. The Morgan fingerprint density at radius 2 is 2.07 bits per heavy atom. The van der Waals surface area contributed by atoms with E-state index in [0.29, 0.717) is 5.56 Å². The molecule has 1 N–H and O–H groups in total. The normalized spacial score (nSPS) is 10.6. The van der Waals surface area contributed by atoms with E-state index in [-0.39, 0.29) is 11.5 Å². The number of phenols is 1. The van der Waals surface area contributed by atoms with Crippen LogP contribution in [-0.2, 0) is 0 Å². The second kappa shape index (κ2) is 4.64. The summed E-state index contributed by atoms with van der Waals surface area (Å²) in [4.78, 5) is 13.4. The molecule has 3 heteroatoms. The number of rotatable bonds is 3. The average molecular weight is 205 g/mol. The maximum atomic E-state index is 11.6. The third kappa shape index (κ3) is 3.13. The van der Waals surface area contributed by atoms with Crippen LogP contribution >= 0.6 is 0 Å². The van der Waals surface area contributed by atoms with Gasteiger partial charge in [0.05, 0.1) is 5.56 Å². The van der Waals surface area contributed by atoms with Crippen molar-refractivity contribution in [2.75, 3.05) is 14.1 Å². The van der Waals surface area contributed by atoms with Gasteiger partial charge in [0, 0.05) is 26.4 Å². The highest BCUT2D eigenvalue weighted by Gasteiger charge is 2.07. The number of hydrogen-bond donors (Lipinski definition) is 1. The number of carbonyl (C=O) groups is 1. The molecule has 0 heterocycles. The standard InChI is InChI=1S/C12H15NO2/c1-9-4-5-11(14)10(8-9)12(15)6-7-13(2)3/h4-8,14H,1-3H3/b7-6+. The van der Waals surface area contributed by atoms with Crippen LogP contribution in [0.5, 0.6) is 5.75 Å². The number of benzene rings is 1. The van der Waals surface area contributed by atoms with Gasteiger partial charge in [-0.05, 0) is 19.1 Å². The lowest BCUT2D eigenvalue weighted by atomic mass is 10.1. The molecule has 3 nitrogen and oxygen atoms in total. The minimum absolute atomic E-state index is 0.0222. The number of phenolic OH excluding ortho intramolecular Hbond substituents is 1. The molecule has 1 rings (SSSR count). The molecular formula is C12H15NO2. The molecule has 0 spiro atoms. The molecule has 1 aromatic rings. The monoisotopic (exact) mass is 205 g/mol. The maximum absolute atomic E-state index is 11.6. The molecule has 0 saturated carbocycles. The molecule has 80 valence electrons. The van der Waals surface area contributed by atoms with E-state index in [1.165, 1.54) is 12.1 Å². The van der Waals surface area contributed by atoms with E-state index < -0.39 is 0 Å². The third-order valence-electron chi connectivity index (χ3n) is 1.94. The topological polar surface area (TPSA) is 40.5 Å². The van der Waals surface area contributed by atoms with Crippen LogP contribution in [0.1, 0.15) is 15.9 Å². The van der Waals surface area contributed by atoms with Crippen LogP contribution in [0.25, 0.3) is 0 Å². The predicted molar refractivity (Wildman–Crippen MR) is 60.0 cm³/mol. The molecule has 15 heavy (non-hydrogen) atoms. The largest absolute Gasteiger partial charge is 0.507 e. The van der Waals surface area contributed by atoms with Gasteiger partial charge in [0.15, 0.2) is 5.78 Å². The highest BCUT2D eigenvalue weighted by atomic mass is 16.3. The zero-order valence-electron chi connectivity index (χ0n) is 9.19. The van der Waals surface area contributed by atoms with E-state index in [0.717, 1.165) is 5.56 Å². The zero-order chi connectivity index (χ0) is 11.4. The van der Waals surface area contributed by atoms with E-state index in [9.17, 15) is 9.90 Å². The number of aryl methyl sites for hydroxylation is 1. The molecule has 0 aromatic heterocycles. The maximum Gasteiger partial charge on any atom is 0.191 e. The van der Waals surface area contributed by atoms with Gasteiger partial charge in [0.2, 0.25) is 0 Å². The number of ketones is 1. The van der Waals surface area contributed by atoms with Crippen molar-refractivity contribution in [2.45, 2.75) is 6.92 Å². The first kappa shape index (κ1) is 11.3. The molecule has 0 unspecified atom stereocenters. The molecule has 0 saturated heterocycles. The minimum atomic E-state index is -0.190. The Hall–Kier alpha value is -1.77. The second-order valence-corrected chi connectivity index (χ2v) is 3.66. The summed E-state index contributed by atoms with van der Waals surface area (Å²) in [5.74, 6) is -0.168. The van der Waals surface area contributed by atoms with Crippen molar-refractivity contribution < 1.29 is 9.90 Å². The van der Waals surface area contributed by atoms with Crippen molar-refractivity contribution in [3.8, 4) is 5.75 Å². The van der Waals surface area contributed by atoms with Crippen LogP contribution in [0.15, 0.2) is 30.5 Å². The fourth-order valence-corrected chi connectivity index (χ4v) is 1.15. The van der Waals surface area contributed by atoms with Gasteiger partial charge in [-0.3, -0.25) is 4.79 Å². The van der Waals surface area contributed by atoms with Crippen molar-refractivity contribution in [3.63, 3.8) is 0 Å². The summed E-state index contributed by atoms with van der Waals surface area (Å²) in [6, 6.07) is 4.98. The Morgan fingerprint density at radius 3 is 2.67 bits per heavy atom. The van der Waals surface area contributed by atoms with Crippen LogP contribution in [0.3, 0.4) is 0 Å². The third-order valence-corrected chi connectivity index (χ3v) is 1.94. The molecule has 0 fully saturated rings. The quantitative estimate of drug-likeness (QED) is 0.605. The Balaban J connectivity index is 2.96. The van der Waals surface area contributed by atoms with Crippen molar-refractivity contribution in [2.24, 2.45) is 0 Å². The molecule has 0 aliphatic rings. The van der Waals surface area contributed by atoms with E-state index in [1.807, 2.05) is 21.0 Å². The lowest BCUT2D eigenvalue weighted by Gasteiger charge is -2.04. The Labute approximate surface area is 89.6 Å². The van der Waals surface area contributed by atoms with Crippen molar-refractivity contribution >= 4 is 5.78 Å². The van der Waals surface area contributed by atoms with E-state index in [1.54, 1.807) is 23.2 Å². The van der Waals surface area contributed by atoms with Gasteiger partial charge in [0.25, 0.3) is 0 Å². The van der Waals surface area contributed by atoms with Crippen LogP contribution in [0.2, 0.25) is 0 Å². The number of carbonyl (C=O) groups excluding carboxylic acids is 1. The van der Waals surface area contributed by atoms with Gasteiger partial charge in [0.1, 0.15) is 5.75 Å². The van der Waals surface area contributed by atoms with Crippen LogP contribution in [0.4, 0.5) is 0 Å². The van der Waals surface area contributed by atoms with Gasteiger partial charge >= 0.3 is 0 Å². The van der Waals surface area contributed by atoms with Crippen molar-refractivity contribution in [1.29, 1.82) is 0 Å². The Bertz CT molecular complexity index is 395. The van der Waals surface area contributed by atoms with Crippen molar-refractivity contribution in [1.82, 2.24) is 4.90 Å². The summed E-state index contributed by atoms with van der Waals surface area (Å²) in [5.41, 5.74) is 1.29. The second-order valence-electron chi connectivity index (χ2n) is 3.66. The first-order chi connectivity index (χ1) is 7.00. The molecule has 0 atom stereocenters. The Morgan fingerprint density at radius 1 is 1.40 bits per heavy atom. The first-order valence-corrected chi connectivity index (χ1v) is 4.69. The number of nitrogens with zero attached hydrogens (tertiary/aromatic N) is 1.